The number of fused-ring (bicyclic) bond motifs is 1. The Labute approximate surface area is 140 Å². The minimum absolute atomic E-state index is 0.00297. The molecule has 0 radical (unpaired) electrons. The lowest BCUT2D eigenvalue weighted by atomic mass is 9.89. The number of carbonyl (C=O) groups excluding carboxylic acids is 2. The molecule has 1 heterocycles. The van der Waals surface area contributed by atoms with Crippen molar-refractivity contribution in [2.75, 3.05) is 11.9 Å². The van der Waals surface area contributed by atoms with Crippen LogP contribution in [0.25, 0.3) is 0 Å². The number of aryl methyl sites for hydroxylation is 2. The van der Waals surface area contributed by atoms with Crippen LogP contribution in [-0.4, -0.2) is 28.5 Å². The number of aromatic amines is 1. The molecule has 1 aromatic heterocycles. The fourth-order valence-corrected chi connectivity index (χ4v) is 3.00. The molecule has 2 aromatic rings. The molecule has 24 heavy (non-hydrogen) atoms. The molecule has 1 atom stereocenters. The number of hydrogen-bond acceptors (Lipinski definition) is 4. The van der Waals surface area contributed by atoms with Gasteiger partial charge in [0, 0.05) is 23.7 Å². The lowest BCUT2D eigenvalue weighted by Gasteiger charge is -2.20. The quantitative estimate of drug-likeness (QED) is 0.846. The number of nitrogens with one attached hydrogen (secondary N) is 2. The van der Waals surface area contributed by atoms with Crippen molar-refractivity contribution in [2.45, 2.75) is 33.1 Å². The molecule has 6 heteroatoms. The summed E-state index contributed by atoms with van der Waals surface area (Å²) in [6.07, 6.45) is 2.30. The maximum atomic E-state index is 12.5. The van der Waals surface area contributed by atoms with Crippen LogP contribution in [-0.2, 0) is 22.4 Å². The number of benzene rings is 1. The maximum absolute atomic E-state index is 12.5. The molecule has 2 N–H and O–H groups in total. The van der Waals surface area contributed by atoms with Gasteiger partial charge >= 0.3 is 5.97 Å². The Kier molecular flexibility index (Phi) is 4.64. The van der Waals surface area contributed by atoms with Crippen molar-refractivity contribution in [3.63, 3.8) is 0 Å². The van der Waals surface area contributed by atoms with Gasteiger partial charge in [0.05, 0.1) is 17.9 Å². The van der Waals surface area contributed by atoms with Gasteiger partial charge in [-0.1, -0.05) is 0 Å². The number of anilines is 1. The molecule has 0 saturated heterocycles. The van der Waals surface area contributed by atoms with Gasteiger partial charge in [0.1, 0.15) is 5.82 Å². The van der Waals surface area contributed by atoms with Crippen LogP contribution >= 0.6 is 0 Å². The topological polar surface area (TPSA) is 84.1 Å². The number of ether oxygens (including phenoxy) is 1. The van der Waals surface area contributed by atoms with Crippen LogP contribution in [0.3, 0.4) is 0 Å². The zero-order valence-corrected chi connectivity index (χ0v) is 13.9. The monoisotopic (exact) mass is 327 g/mol. The summed E-state index contributed by atoms with van der Waals surface area (Å²) in [5, 5.41) is 2.92. The number of carbonyl (C=O) groups is 2. The minimum Gasteiger partial charge on any atom is -0.462 e. The van der Waals surface area contributed by atoms with Crippen molar-refractivity contribution in [1.29, 1.82) is 0 Å². The number of aromatic nitrogens is 2. The van der Waals surface area contributed by atoms with Crippen molar-refractivity contribution < 1.29 is 14.3 Å². The van der Waals surface area contributed by atoms with Crippen molar-refractivity contribution in [3.8, 4) is 0 Å². The van der Waals surface area contributed by atoms with E-state index < -0.39 is 0 Å². The molecular weight excluding hydrogens is 306 g/mol. The average molecular weight is 327 g/mol. The largest absolute Gasteiger partial charge is 0.462 e. The molecule has 1 unspecified atom stereocenters. The Balaban J connectivity index is 1.62. The van der Waals surface area contributed by atoms with Crippen LogP contribution < -0.4 is 5.32 Å². The molecule has 0 saturated carbocycles. The van der Waals surface area contributed by atoms with Gasteiger partial charge in [-0.15, -0.1) is 0 Å². The molecule has 0 fully saturated rings. The van der Waals surface area contributed by atoms with Crippen molar-refractivity contribution in [3.05, 3.63) is 47.0 Å². The highest BCUT2D eigenvalue weighted by atomic mass is 16.5. The van der Waals surface area contributed by atoms with Gasteiger partial charge in [-0.3, -0.25) is 4.79 Å². The van der Waals surface area contributed by atoms with E-state index in [0.717, 1.165) is 30.1 Å². The summed E-state index contributed by atoms with van der Waals surface area (Å²) < 4.78 is 4.94. The van der Waals surface area contributed by atoms with Gasteiger partial charge in [-0.05, 0) is 51.0 Å². The standard InChI is InChI=1S/C18H21N3O3/c1-3-24-18(23)12-4-7-14(8-5-12)21-17(22)13-6-9-15-16(10-13)20-11(2)19-15/h4-5,7-8,13H,3,6,9-10H2,1-2H3,(H,19,20)(H,21,22). The van der Waals surface area contributed by atoms with Crippen LogP contribution in [0.15, 0.2) is 24.3 Å². The summed E-state index contributed by atoms with van der Waals surface area (Å²) in [5.74, 6) is 0.472. The predicted octanol–water partition coefficient (Wildman–Crippen LogP) is 2.64. The fraction of sp³-hybridized carbons (Fsp3) is 0.389. The first-order chi connectivity index (χ1) is 11.6. The third-order valence-corrected chi connectivity index (χ3v) is 4.20. The number of rotatable bonds is 4. The van der Waals surface area contributed by atoms with E-state index in [0.29, 0.717) is 24.3 Å². The number of hydrogen-bond donors (Lipinski definition) is 2. The van der Waals surface area contributed by atoms with Crippen molar-refractivity contribution in [2.24, 2.45) is 5.92 Å². The molecule has 1 amide bonds. The first-order valence-corrected chi connectivity index (χ1v) is 8.19. The van der Waals surface area contributed by atoms with E-state index in [4.69, 9.17) is 4.74 Å². The van der Waals surface area contributed by atoms with E-state index in [1.165, 1.54) is 0 Å². The highest BCUT2D eigenvalue weighted by molar-refractivity contribution is 5.94. The smallest absolute Gasteiger partial charge is 0.338 e. The molecule has 1 aliphatic rings. The Morgan fingerprint density at radius 2 is 2.08 bits per heavy atom. The predicted molar refractivity (Wildman–Crippen MR) is 89.9 cm³/mol. The SMILES string of the molecule is CCOC(=O)c1ccc(NC(=O)C2CCc3nc(C)[nH]c3C2)cc1. The highest BCUT2D eigenvalue weighted by Gasteiger charge is 2.26. The van der Waals surface area contributed by atoms with Crippen LogP contribution in [0, 0.1) is 12.8 Å². The third kappa shape index (κ3) is 3.48. The van der Waals surface area contributed by atoms with E-state index >= 15 is 0 Å². The molecular formula is C18H21N3O3. The summed E-state index contributed by atoms with van der Waals surface area (Å²) in [4.78, 5) is 31.8. The lowest BCUT2D eigenvalue weighted by Crippen LogP contribution is -2.28. The molecule has 0 aliphatic heterocycles. The normalized spacial score (nSPS) is 16.3. The van der Waals surface area contributed by atoms with Gasteiger partial charge in [0.2, 0.25) is 5.91 Å². The van der Waals surface area contributed by atoms with Gasteiger partial charge in [0.15, 0.2) is 0 Å². The van der Waals surface area contributed by atoms with E-state index in [2.05, 4.69) is 15.3 Å². The number of imidazole rings is 1. The lowest BCUT2D eigenvalue weighted by molar-refractivity contribution is -0.120. The van der Waals surface area contributed by atoms with Gasteiger partial charge in [-0.25, -0.2) is 9.78 Å². The Hall–Kier alpha value is -2.63. The molecule has 126 valence electrons. The molecule has 3 rings (SSSR count). The second kappa shape index (κ2) is 6.86. The van der Waals surface area contributed by atoms with Crippen LogP contribution in [0.1, 0.15) is 40.9 Å². The number of nitrogens with zero attached hydrogens (tertiary/aromatic N) is 1. The van der Waals surface area contributed by atoms with E-state index in [1.54, 1.807) is 31.2 Å². The summed E-state index contributed by atoms with van der Waals surface area (Å²) in [6, 6.07) is 6.76. The highest BCUT2D eigenvalue weighted by Crippen LogP contribution is 2.25. The summed E-state index contributed by atoms with van der Waals surface area (Å²) in [5.41, 5.74) is 3.30. The Morgan fingerprint density at radius 1 is 1.33 bits per heavy atom. The van der Waals surface area contributed by atoms with Gasteiger partial charge in [-0.2, -0.15) is 0 Å². The fourth-order valence-electron chi connectivity index (χ4n) is 3.00. The summed E-state index contributed by atoms with van der Waals surface area (Å²) in [7, 11) is 0. The summed E-state index contributed by atoms with van der Waals surface area (Å²) >= 11 is 0. The van der Waals surface area contributed by atoms with Crippen molar-refractivity contribution in [1.82, 2.24) is 9.97 Å². The van der Waals surface area contributed by atoms with E-state index in [-0.39, 0.29) is 17.8 Å². The third-order valence-electron chi connectivity index (χ3n) is 4.20. The molecule has 0 spiro atoms. The summed E-state index contributed by atoms with van der Waals surface area (Å²) in [6.45, 7) is 4.04. The minimum atomic E-state index is -0.357. The number of esters is 1. The first-order valence-electron chi connectivity index (χ1n) is 8.19. The first kappa shape index (κ1) is 16.2. The zero-order valence-electron chi connectivity index (χ0n) is 13.9. The number of amides is 1. The second-order valence-corrected chi connectivity index (χ2v) is 5.97. The average Bonchev–Trinajstić information content (AvgIpc) is 2.94. The van der Waals surface area contributed by atoms with Gasteiger partial charge in [0.25, 0.3) is 0 Å². The van der Waals surface area contributed by atoms with Gasteiger partial charge < -0.3 is 15.0 Å². The second-order valence-electron chi connectivity index (χ2n) is 5.97. The molecule has 6 nitrogen and oxygen atoms in total. The number of H-pyrrole nitrogens is 1. The zero-order chi connectivity index (χ0) is 17.1. The Bertz CT molecular complexity index is 749. The van der Waals surface area contributed by atoms with Crippen LogP contribution in [0.4, 0.5) is 5.69 Å². The molecule has 1 aliphatic carbocycles. The molecule has 1 aromatic carbocycles. The molecule has 0 bridgehead atoms. The van der Waals surface area contributed by atoms with Crippen molar-refractivity contribution >= 4 is 17.6 Å². The van der Waals surface area contributed by atoms with Crippen LogP contribution in [0.2, 0.25) is 0 Å². The Morgan fingerprint density at radius 3 is 2.79 bits per heavy atom. The van der Waals surface area contributed by atoms with E-state index in [9.17, 15) is 9.59 Å². The van der Waals surface area contributed by atoms with Crippen LogP contribution in [0.5, 0.6) is 0 Å². The maximum Gasteiger partial charge on any atom is 0.338 e. The van der Waals surface area contributed by atoms with E-state index in [1.807, 2.05) is 6.92 Å².